The van der Waals surface area contributed by atoms with E-state index in [0.29, 0.717) is 30.8 Å². The standard InChI is InChI=1S/C29H33AsN3O4/c1-20(2)18-33-14-12-29(13-15-33,17-27(34)30-36)32-28(35)22-8-10-24(11-9-22)37-19-23-16-21(3)31-26-7-5-4-6-25(23)26/h4-11,16,36H,1,12-15,17-19H2,2-3H3,(H,32,35). The second-order valence-corrected chi connectivity index (χ2v) is 11.4. The first-order valence-corrected chi connectivity index (χ1v) is 14.2. The number of amides is 1. The van der Waals surface area contributed by atoms with Crippen LogP contribution in [0.1, 0.15) is 47.8 Å². The van der Waals surface area contributed by atoms with Crippen molar-refractivity contribution in [2.24, 2.45) is 0 Å². The van der Waals surface area contributed by atoms with E-state index in [-0.39, 0.29) is 16.9 Å². The number of ether oxygens (including phenoxy) is 1. The van der Waals surface area contributed by atoms with Crippen LogP contribution in [0.2, 0.25) is 0 Å². The Labute approximate surface area is 225 Å². The van der Waals surface area contributed by atoms with Crippen LogP contribution in [0.15, 0.2) is 66.7 Å². The zero-order valence-electron chi connectivity index (χ0n) is 21.4. The molecule has 0 saturated carbocycles. The third kappa shape index (κ3) is 7.07. The van der Waals surface area contributed by atoms with Crippen LogP contribution in [-0.4, -0.2) is 65.7 Å². The molecular weight excluding hydrogens is 529 g/mol. The summed E-state index contributed by atoms with van der Waals surface area (Å²) in [5.74, 6) is 0.440. The van der Waals surface area contributed by atoms with Crippen molar-refractivity contribution >= 4 is 37.5 Å². The van der Waals surface area contributed by atoms with Crippen molar-refractivity contribution < 1.29 is 18.4 Å². The van der Waals surface area contributed by atoms with Gasteiger partial charge in [0.2, 0.25) is 0 Å². The van der Waals surface area contributed by atoms with Crippen molar-refractivity contribution in [2.45, 2.75) is 45.3 Å². The fourth-order valence-electron chi connectivity index (χ4n) is 4.88. The minimum absolute atomic E-state index is 0.163. The van der Waals surface area contributed by atoms with Crippen LogP contribution in [-0.2, 0) is 11.4 Å². The molecular formula is C29H33AsN3O4. The summed E-state index contributed by atoms with van der Waals surface area (Å²) in [5, 5.41) is 4.20. The molecule has 0 bridgehead atoms. The summed E-state index contributed by atoms with van der Waals surface area (Å²) in [5.41, 5.74) is 3.88. The van der Waals surface area contributed by atoms with Crippen LogP contribution >= 0.6 is 0 Å². The molecule has 1 amide bonds. The summed E-state index contributed by atoms with van der Waals surface area (Å²) in [6, 6.07) is 17.1. The quantitative estimate of drug-likeness (QED) is 0.289. The van der Waals surface area contributed by atoms with Gasteiger partial charge in [-0.25, -0.2) is 0 Å². The Balaban J connectivity index is 1.41. The van der Waals surface area contributed by atoms with Gasteiger partial charge in [0.1, 0.15) is 0 Å². The number of carbonyl (C=O) groups is 2. The number of nitrogens with zero attached hydrogens (tertiary/aromatic N) is 2. The molecule has 7 nitrogen and oxygen atoms in total. The molecule has 4 rings (SSSR count). The molecule has 1 saturated heterocycles. The number of piperidine rings is 1. The molecule has 3 aromatic rings. The van der Waals surface area contributed by atoms with Crippen molar-refractivity contribution in [3.05, 3.63) is 83.6 Å². The first-order chi connectivity index (χ1) is 17.8. The van der Waals surface area contributed by atoms with Crippen molar-refractivity contribution in [3.63, 3.8) is 0 Å². The number of fused-ring (bicyclic) bond motifs is 1. The molecule has 8 heteroatoms. The predicted molar refractivity (Wildman–Crippen MR) is 146 cm³/mol. The molecule has 1 aliphatic rings. The Bertz CT molecular complexity index is 1280. The molecule has 0 aliphatic carbocycles. The number of hydrogen-bond donors (Lipinski definition) is 2. The molecule has 2 N–H and O–H groups in total. The fraction of sp³-hybridized carbons (Fsp3) is 0.345. The van der Waals surface area contributed by atoms with Gasteiger partial charge < -0.3 is 0 Å². The summed E-state index contributed by atoms with van der Waals surface area (Å²) >= 11 is -1.36. The maximum absolute atomic E-state index is 13.2. The van der Waals surface area contributed by atoms with Gasteiger partial charge in [0.15, 0.2) is 0 Å². The number of para-hydroxylation sites is 1. The minimum atomic E-state index is -1.36. The zero-order valence-corrected chi connectivity index (χ0v) is 23.2. The van der Waals surface area contributed by atoms with E-state index in [1.807, 2.05) is 44.2 Å². The van der Waals surface area contributed by atoms with E-state index in [2.05, 4.69) is 21.8 Å². The number of aromatic nitrogens is 1. The number of aryl methyl sites for hydroxylation is 1. The molecule has 37 heavy (non-hydrogen) atoms. The maximum atomic E-state index is 13.2. The van der Waals surface area contributed by atoms with E-state index < -0.39 is 21.6 Å². The van der Waals surface area contributed by atoms with Crippen molar-refractivity contribution in [2.75, 3.05) is 19.6 Å². The number of carbonyl (C=O) groups excluding carboxylic acids is 2. The molecule has 0 unspecified atom stereocenters. The van der Waals surface area contributed by atoms with Gasteiger partial charge >= 0.3 is 166 Å². The second kappa shape index (κ2) is 12.0. The Kier molecular flexibility index (Phi) is 8.80. The summed E-state index contributed by atoms with van der Waals surface area (Å²) in [4.78, 5) is 32.2. The van der Waals surface area contributed by atoms with E-state index in [4.69, 9.17) is 4.74 Å². The van der Waals surface area contributed by atoms with Gasteiger partial charge in [-0.05, 0) is 19.1 Å². The third-order valence-electron chi connectivity index (χ3n) is 6.73. The van der Waals surface area contributed by atoms with E-state index in [9.17, 15) is 13.7 Å². The fourth-order valence-corrected chi connectivity index (χ4v) is 5.67. The summed E-state index contributed by atoms with van der Waals surface area (Å²) in [6.45, 7) is 10.7. The molecule has 2 heterocycles. The number of nitrogens with one attached hydrogen (secondary N) is 1. The summed E-state index contributed by atoms with van der Waals surface area (Å²) < 4.78 is 15.3. The Morgan fingerprint density at radius 3 is 2.54 bits per heavy atom. The van der Waals surface area contributed by atoms with Gasteiger partial charge in [0.05, 0.1) is 5.52 Å². The monoisotopic (exact) mass is 562 g/mol. The average molecular weight is 563 g/mol. The van der Waals surface area contributed by atoms with Crippen LogP contribution in [0.25, 0.3) is 10.9 Å². The Morgan fingerprint density at radius 1 is 1.16 bits per heavy atom. The Morgan fingerprint density at radius 2 is 1.86 bits per heavy atom. The molecule has 0 atom stereocenters. The number of likely N-dealkylation sites (tertiary alicyclic amines) is 1. The predicted octanol–water partition coefficient (Wildman–Crippen LogP) is 3.79. The van der Waals surface area contributed by atoms with Gasteiger partial charge in [0, 0.05) is 11.1 Å². The third-order valence-corrected chi connectivity index (χ3v) is 7.53. The van der Waals surface area contributed by atoms with E-state index in [0.717, 1.165) is 47.4 Å². The number of hydrogen-bond acceptors (Lipinski definition) is 6. The number of benzene rings is 2. The van der Waals surface area contributed by atoms with Gasteiger partial charge in [-0.1, -0.05) is 18.2 Å². The molecule has 1 fully saturated rings. The number of pyridine rings is 1. The molecule has 193 valence electrons. The van der Waals surface area contributed by atoms with E-state index in [1.54, 1.807) is 24.3 Å². The molecule has 1 aliphatic heterocycles. The van der Waals surface area contributed by atoms with E-state index >= 15 is 0 Å². The van der Waals surface area contributed by atoms with Gasteiger partial charge in [-0.3, -0.25) is 4.98 Å². The van der Waals surface area contributed by atoms with Gasteiger partial charge in [0.25, 0.3) is 0 Å². The first-order valence-electron chi connectivity index (χ1n) is 12.4. The first kappa shape index (κ1) is 27.1. The zero-order chi connectivity index (χ0) is 26.4. The topological polar surface area (TPSA) is 91.8 Å². The summed E-state index contributed by atoms with van der Waals surface area (Å²) in [7, 11) is 0. The second-order valence-electron chi connectivity index (χ2n) is 9.89. The van der Waals surface area contributed by atoms with Crippen LogP contribution < -0.4 is 10.1 Å². The van der Waals surface area contributed by atoms with Crippen molar-refractivity contribution in [3.8, 4) is 5.75 Å². The van der Waals surface area contributed by atoms with Crippen LogP contribution in [0.5, 0.6) is 5.75 Å². The van der Waals surface area contributed by atoms with Crippen LogP contribution in [0.3, 0.4) is 0 Å². The molecule has 1 radical (unpaired) electrons. The van der Waals surface area contributed by atoms with Crippen molar-refractivity contribution in [1.82, 2.24) is 15.2 Å². The average Bonchev–Trinajstić information content (AvgIpc) is 2.88. The molecule has 1 aromatic heterocycles. The van der Waals surface area contributed by atoms with E-state index in [1.165, 1.54) is 0 Å². The van der Waals surface area contributed by atoms with Gasteiger partial charge in [-0.2, -0.15) is 0 Å². The molecule has 2 aromatic carbocycles. The van der Waals surface area contributed by atoms with Crippen molar-refractivity contribution in [1.29, 1.82) is 0 Å². The van der Waals surface area contributed by atoms with Gasteiger partial charge in [-0.15, -0.1) is 0 Å². The molecule has 0 spiro atoms. The SMILES string of the molecule is C=C(C)CN1CCC(CC(=O)[As]O)(NC(=O)c2ccc(OCc3cc(C)nc4ccccc34)cc2)CC1. The van der Waals surface area contributed by atoms with Crippen LogP contribution in [0, 0.1) is 6.92 Å². The summed E-state index contributed by atoms with van der Waals surface area (Å²) in [6.07, 6.45) is 1.47. The Hall–Kier alpha value is -2.99. The van der Waals surface area contributed by atoms with Crippen LogP contribution in [0.4, 0.5) is 0 Å². The normalized spacial score (nSPS) is 15.6. The number of rotatable bonds is 10.